The van der Waals surface area contributed by atoms with E-state index >= 15 is 0 Å². The lowest BCUT2D eigenvalue weighted by molar-refractivity contribution is 0.864. The lowest BCUT2D eigenvalue weighted by Gasteiger charge is -1.76. The van der Waals surface area contributed by atoms with Gasteiger partial charge in [-0.05, 0) is 13.6 Å². The quantitative estimate of drug-likeness (QED) is 0.622. The molecule has 0 aromatic carbocycles. The van der Waals surface area contributed by atoms with E-state index in [-0.39, 0.29) is 0 Å². The maximum atomic E-state index is 3.78. The standard InChI is InChI=1S/C4H6N2.C3H9N/c1-6-3-2-5-4-6;1-3-4-2/h2-4H,1H3;4H,3H2,1-2H3. The molecule has 0 aliphatic carbocycles. The van der Waals surface area contributed by atoms with E-state index in [9.17, 15) is 0 Å². The molecule has 1 rings (SSSR count). The average molecular weight is 141 g/mol. The first-order chi connectivity index (χ1) is 4.81. The summed E-state index contributed by atoms with van der Waals surface area (Å²) in [4.78, 5) is 3.78. The SMILES string of the molecule is CCNC.Cn1ccnc1. The van der Waals surface area contributed by atoms with Crippen molar-refractivity contribution in [1.82, 2.24) is 14.9 Å². The van der Waals surface area contributed by atoms with Crippen molar-refractivity contribution in [2.75, 3.05) is 13.6 Å². The van der Waals surface area contributed by atoms with Crippen molar-refractivity contribution < 1.29 is 0 Å². The van der Waals surface area contributed by atoms with Gasteiger partial charge in [-0.3, -0.25) is 0 Å². The summed E-state index contributed by atoms with van der Waals surface area (Å²) >= 11 is 0. The first kappa shape index (κ1) is 9.17. The van der Waals surface area contributed by atoms with Crippen molar-refractivity contribution in [3.8, 4) is 0 Å². The lowest BCUT2D eigenvalue weighted by atomic mass is 10.8. The van der Waals surface area contributed by atoms with Gasteiger partial charge in [0.15, 0.2) is 0 Å². The molecule has 0 saturated carbocycles. The van der Waals surface area contributed by atoms with Crippen LogP contribution in [0.1, 0.15) is 6.92 Å². The molecule has 0 bridgehead atoms. The van der Waals surface area contributed by atoms with Crippen LogP contribution in [-0.4, -0.2) is 23.1 Å². The summed E-state index contributed by atoms with van der Waals surface area (Å²) < 4.78 is 1.89. The molecule has 1 heterocycles. The molecule has 58 valence electrons. The summed E-state index contributed by atoms with van der Waals surface area (Å²) in [5, 5.41) is 2.93. The van der Waals surface area contributed by atoms with Crippen LogP contribution in [0.5, 0.6) is 0 Å². The van der Waals surface area contributed by atoms with Gasteiger partial charge in [-0.1, -0.05) is 6.92 Å². The highest BCUT2D eigenvalue weighted by atomic mass is 15.0. The minimum atomic E-state index is 1.07. The number of nitrogens with one attached hydrogen (secondary N) is 1. The second-order valence-electron chi connectivity index (χ2n) is 1.94. The van der Waals surface area contributed by atoms with Crippen molar-refractivity contribution in [2.24, 2.45) is 7.05 Å². The van der Waals surface area contributed by atoms with Crippen molar-refractivity contribution in [3.63, 3.8) is 0 Å². The second kappa shape index (κ2) is 6.29. The third-order valence-corrected chi connectivity index (χ3v) is 0.990. The highest BCUT2D eigenvalue weighted by Crippen LogP contribution is 1.73. The second-order valence-corrected chi connectivity index (χ2v) is 1.94. The molecule has 0 radical (unpaired) electrons. The van der Waals surface area contributed by atoms with Crippen molar-refractivity contribution in [1.29, 1.82) is 0 Å². The molecule has 0 saturated heterocycles. The Morgan fingerprint density at radius 1 is 1.60 bits per heavy atom. The van der Waals surface area contributed by atoms with Crippen LogP contribution in [0, 0.1) is 0 Å². The fraction of sp³-hybridized carbons (Fsp3) is 0.571. The van der Waals surface area contributed by atoms with E-state index < -0.39 is 0 Å². The lowest BCUT2D eigenvalue weighted by Crippen LogP contribution is -2.01. The predicted molar refractivity (Wildman–Crippen MR) is 42.8 cm³/mol. The van der Waals surface area contributed by atoms with Gasteiger partial charge in [0, 0.05) is 19.4 Å². The highest BCUT2D eigenvalue weighted by Gasteiger charge is 1.69. The molecule has 1 N–H and O–H groups in total. The Kier molecular flexibility index (Phi) is 5.77. The Hall–Kier alpha value is -0.830. The zero-order valence-corrected chi connectivity index (χ0v) is 6.83. The van der Waals surface area contributed by atoms with Gasteiger partial charge in [-0.25, -0.2) is 4.98 Å². The normalized spacial score (nSPS) is 8.30. The topological polar surface area (TPSA) is 29.9 Å². The number of aryl methyl sites for hydroxylation is 1. The van der Waals surface area contributed by atoms with Gasteiger partial charge in [0.1, 0.15) is 0 Å². The van der Waals surface area contributed by atoms with Crippen LogP contribution in [0.4, 0.5) is 0 Å². The summed E-state index contributed by atoms with van der Waals surface area (Å²) in [5.41, 5.74) is 0. The van der Waals surface area contributed by atoms with E-state index in [0.717, 1.165) is 6.54 Å². The molecule has 1 aromatic rings. The van der Waals surface area contributed by atoms with Gasteiger partial charge >= 0.3 is 0 Å². The van der Waals surface area contributed by atoms with Gasteiger partial charge in [0.25, 0.3) is 0 Å². The molecular weight excluding hydrogens is 126 g/mol. The summed E-state index contributed by atoms with van der Waals surface area (Å²) in [6, 6.07) is 0. The van der Waals surface area contributed by atoms with Gasteiger partial charge in [-0.2, -0.15) is 0 Å². The van der Waals surface area contributed by atoms with E-state index in [1.165, 1.54) is 0 Å². The monoisotopic (exact) mass is 141 g/mol. The van der Waals surface area contributed by atoms with Gasteiger partial charge in [-0.15, -0.1) is 0 Å². The summed E-state index contributed by atoms with van der Waals surface area (Å²) in [6.45, 7) is 3.14. The van der Waals surface area contributed by atoms with Gasteiger partial charge < -0.3 is 9.88 Å². The van der Waals surface area contributed by atoms with Crippen LogP contribution in [-0.2, 0) is 7.05 Å². The molecule has 0 unspecified atom stereocenters. The van der Waals surface area contributed by atoms with E-state index in [4.69, 9.17) is 0 Å². The third kappa shape index (κ3) is 5.31. The molecule has 10 heavy (non-hydrogen) atoms. The number of aromatic nitrogens is 2. The maximum Gasteiger partial charge on any atom is 0.0943 e. The van der Waals surface area contributed by atoms with Crippen LogP contribution in [0.25, 0.3) is 0 Å². The maximum absolute atomic E-state index is 3.78. The zero-order chi connectivity index (χ0) is 7.82. The van der Waals surface area contributed by atoms with Crippen LogP contribution in [0.2, 0.25) is 0 Å². The first-order valence-corrected chi connectivity index (χ1v) is 3.37. The molecule has 0 spiro atoms. The Morgan fingerprint density at radius 3 is 2.30 bits per heavy atom. The smallest absolute Gasteiger partial charge is 0.0943 e. The van der Waals surface area contributed by atoms with Crippen molar-refractivity contribution >= 4 is 0 Å². The largest absolute Gasteiger partial charge is 0.341 e. The average Bonchev–Trinajstić information content (AvgIpc) is 2.40. The summed E-state index contributed by atoms with van der Waals surface area (Å²) in [7, 11) is 3.87. The molecule has 3 nitrogen and oxygen atoms in total. The summed E-state index contributed by atoms with van der Waals surface area (Å²) in [5.74, 6) is 0. The van der Waals surface area contributed by atoms with E-state index in [1.807, 2.05) is 24.9 Å². The first-order valence-electron chi connectivity index (χ1n) is 3.37. The zero-order valence-electron chi connectivity index (χ0n) is 6.83. The number of rotatable bonds is 1. The third-order valence-electron chi connectivity index (χ3n) is 0.990. The van der Waals surface area contributed by atoms with Gasteiger partial charge in [0.05, 0.1) is 6.33 Å². The van der Waals surface area contributed by atoms with E-state index in [2.05, 4.69) is 17.2 Å². The predicted octanol–water partition coefficient (Wildman–Crippen LogP) is 0.646. The molecule has 0 atom stereocenters. The molecule has 1 aromatic heterocycles. The van der Waals surface area contributed by atoms with Crippen LogP contribution in [0.3, 0.4) is 0 Å². The Balaban J connectivity index is 0.000000180. The fourth-order valence-electron chi connectivity index (χ4n) is 0.326. The molecule has 3 heteroatoms. The van der Waals surface area contributed by atoms with Crippen molar-refractivity contribution in [3.05, 3.63) is 18.7 Å². The fourth-order valence-corrected chi connectivity index (χ4v) is 0.326. The molecule has 0 aliphatic rings. The van der Waals surface area contributed by atoms with E-state index in [0.29, 0.717) is 0 Å². The molecule has 0 fully saturated rings. The van der Waals surface area contributed by atoms with Crippen LogP contribution >= 0.6 is 0 Å². The highest BCUT2D eigenvalue weighted by molar-refractivity contribution is 4.70. The van der Waals surface area contributed by atoms with Crippen molar-refractivity contribution in [2.45, 2.75) is 6.92 Å². The minimum Gasteiger partial charge on any atom is -0.341 e. The van der Waals surface area contributed by atoms with Gasteiger partial charge in [0.2, 0.25) is 0 Å². The number of imidazole rings is 1. The minimum absolute atomic E-state index is 1.07. The van der Waals surface area contributed by atoms with Crippen LogP contribution in [0.15, 0.2) is 18.7 Å². The number of hydrogen-bond acceptors (Lipinski definition) is 2. The van der Waals surface area contributed by atoms with E-state index in [1.54, 1.807) is 12.5 Å². The molecular formula is C7H15N3. The van der Waals surface area contributed by atoms with Crippen LogP contribution < -0.4 is 5.32 Å². The Bertz CT molecular complexity index is 133. The Labute approximate surface area is 62.1 Å². The number of hydrogen-bond donors (Lipinski definition) is 1. The molecule has 0 aliphatic heterocycles. The number of nitrogens with zero attached hydrogens (tertiary/aromatic N) is 2. The Morgan fingerprint density at radius 2 is 2.20 bits per heavy atom. The summed E-state index contributed by atoms with van der Waals surface area (Å²) in [6.07, 6.45) is 5.39. The molecule has 0 amide bonds.